The van der Waals surface area contributed by atoms with Crippen molar-refractivity contribution in [3.05, 3.63) is 94.0 Å². The van der Waals surface area contributed by atoms with Crippen LogP contribution in [0, 0.1) is 0 Å². The number of azo groups is 1. The molecule has 0 radical (unpaired) electrons. The predicted molar refractivity (Wildman–Crippen MR) is 112 cm³/mol. The summed E-state index contributed by atoms with van der Waals surface area (Å²) in [5.74, 6) is -0.368. The van der Waals surface area contributed by atoms with E-state index in [1.54, 1.807) is 42.5 Å². The van der Waals surface area contributed by atoms with Crippen molar-refractivity contribution in [2.45, 2.75) is 6.17 Å². The molecule has 0 saturated heterocycles. The number of anilines is 1. The Morgan fingerprint density at radius 3 is 2.36 bits per heavy atom. The van der Waals surface area contributed by atoms with Gasteiger partial charge in [-0.15, -0.1) is 0 Å². The Bertz CT molecular complexity index is 1080. The molecule has 0 fully saturated rings. The van der Waals surface area contributed by atoms with Gasteiger partial charge in [0.25, 0.3) is 5.91 Å². The lowest BCUT2D eigenvalue weighted by atomic mass is 10.0. The number of carbonyl (C=O) groups is 1. The molecule has 138 valence electrons. The zero-order chi connectivity index (χ0) is 19.5. The highest BCUT2D eigenvalue weighted by Crippen LogP contribution is 2.28. The Kier molecular flexibility index (Phi) is 5.19. The summed E-state index contributed by atoms with van der Waals surface area (Å²) < 4.78 is 0. The van der Waals surface area contributed by atoms with Gasteiger partial charge in [-0.25, -0.2) is 4.99 Å². The van der Waals surface area contributed by atoms with Gasteiger partial charge >= 0.3 is 0 Å². The van der Waals surface area contributed by atoms with Crippen LogP contribution in [-0.4, -0.2) is 17.8 Å². The molecule has 28 heavy (non-hydrogen) atoms. The van der Waals surface area contributed by atoms with Crippen LogP contribution in [-0.2, 0) is 4.79 Å². The molecule has 1 atom stereocenters. The summed E-state index contributed by atoms with van der Waals surface area (Å²) in [6.07, 6.45) is -1.03. The number of hydrogen-bond donors (Lipinski definition) is 1. The first-order chi connectivity index (χ1) is 13.6. The molecule has 0 saturated carbocycles. The zero-order valence-corrected chi connectivity index (χ0v) is 16.0. The fourth-order valence-corrected chi connectivity index (χ4v) is 3.10. The van der Waals surface area contributed by atoms with Crippen molar-refractivity contribution in [3.8, 4) is 0 Å². The number of carbonyl (C=O) groups excluding carboxylic acids is 1. The van der Waals surface area contributed by atoms with E-state index in [1.165, 1.54) is 0 Å². The van der Waals surface area contributed by atoms with Gasteiger partial charge in [0.15, 0.2) is 0 Å². The molecule has 0 spiro atoms. The van der Waals surface area contributed by atoms with E-state index >= 15 is 0 Å². The van der Waals surface area contributed by atoms with Crippen molar-refractivity contribution in [3.63, 3.8) is 0 Å². The van der Waals surface area contributed by atoms with E-state index in [0.29, 0.717) is 27.1 Å². The molecular formula is C21H14Cl2N4O. The van der Waals surface area contributed by atoms with E-state index < -0.39 is 6.17 Å². The number of nitrogens with one attached hydrogen (secondary N) is 1. The first-order valence-electron chi connectivity index (χ1n) is 8.50. The fourth-order valence-electron chi connectivity index (χ4n) is 2.80. The van der Waals surface area contributed by atoms with E-state index in [9.17, 15) is 4.79 Å². The van der Waals surface area contributed by atoms with E-state index in [0.717, 1.165) is 11.1 Å². The summed E-state index contributed by atoms with van der Waals surface area (Å²) in [5.41, 5.74) is 3.42. The minimum Gasteiger partial charge on any atom is -0.322 e. The first-order valence-corrected chi connectivity index (χ1v) is 9.26. The second-order valence-corrected chi connectivity index (χ2v) is 6.96. The molecule has 0 aromatic heterocycles. The summed E-state index contributed by atoms with van der Waals surface area (Å²) in [6, 6.07) is 21.7. The van der Waals surface area contributed by atoms with E-state index in [1.807, 2.05) is 30.3 Å². The van der Waals surface area contributed by atoms with Crippen LogP contribution in [0.2, 0.25) is 10.0 Å². The normalized spacial score (nSPS) is 16.3. The molecule has 4 rings (SSSR count). The molecule has 1 unspecified atom stereocenters. The number of nitrogens with zero attached hydrogens (tertiary/aromatic N) is 3. The second kappa shape index (κ2) is 7.92. The highest BCUT2D eigenvalue weighted by molar-refractivity contribution is 6.32. The van der Waals surface area contributed by atoms with Crippen molar-refractivity contribution < 1.29 is 4.79 Å². The van der Waals surface area contributed by atoms with Crippen LogP contribution < -0.4 is 5.32 Å². The van der Waals surface area contributed by atoms with Gasteiger partial charge < -0.3 is 5.32 Å². The maximum absolute atomic E-state index is 12.7. The lowest BCUT2D eigenvalue weighted by Gasteiger charge is -2.10. The van der Waals surface area contributed by atoms with Crippen LogP contribution in [0.3, 0.4) is 0 Å². The Labute approximate surface area is 171 Å². The van der Waals surface area contributed by atoms with Crippen molar-refractivity contribution in [1.29, 1.82) is 0 Å². The summed E-state index contributed by atoms with van der Waals surface area (Å²) in [6.45, 7) is 0. The van der Waals surface area contributed by atoms with Gasteiger partial charge in [-0.05, 0) is 42.5 Å². The zero-order valence-electron chi connectivity index (χ0n) is 14.5. The molecule has 1 N–H and O–H groups in total. The van der Waals surface area contributed by atoms with Crippen molar-refractivity contribution >= 4 is 46.2 Å². The van der Waals surface area contributed by atoms with Crippen LogP contribution in [0.15, 0.2) is 88.0 Å². The summed E-state index contributed by atoms with van der Waals surface area (Å²) in [4.78, 5) is 17.3. The monoisotopic (exact) mass is 408 g/mol. The molecule has 5 nitrogen and oxygen atoms in total. The molecule has 1 heterocycles. The quantitative estimate of drug-likeness (QED) is 0.539. The van der Waals surface area contributed by atoms with Gasteiger partial charge in [0.1, 0.15) is 0 Å². The van der Waals surface area contributed by atoms with Crippen molar-refractivity contribution in [2.75, 3.05) is 5.32 Å². The summed E-state index contributed by atoms with van der Waals surface area (Å²) in [5, 5.41) is 12.3. The van der Waals surface area contributed by atoms with Gasteiger partial charge in [0, 0.05) is 21.2 Å². The average Bonchev–Trinajstić information content (AvgIpc) is 2.84. The number of aliphatic imine (C=N–C) groups is 1. The molecule has 1 aliphatic rings. The van der Waals surface area contributed by atoms with Crippen molar-refractivity contribution in [2.24, 2.45) is 15.2 Å². The predicted octanol–water partition coefficient (Wildman–Crippen LogP) is 5.89. The van der Waals surface area contributed by atoms with Crippen LogP contribution in [0.1, 0.15) is 11.1 Å². The third-order valence-corrected chi connectivity index (χ3v) is 4.62. The van der Waals surface area contributed by atoms with E-state index in [-0.39, 0.29) is 5.91 Å². The third kappa shape index (κ3) is 3.96. The SMILES string of the molecule is O=C1Nc2ccc(Cl)cc2C(c2ccccc2)=NC1N=Nc1ccc(Cl)cc1. The smallest absolute Gasteiger partial charge is 0.273 e. The Hall–Kier alpha value is -3.02. The highest BCUT2D eigenvalue weighted by atomic mass is 35.5. The number of amides is 1. The largest absolute Gasteiger partial charge is 0.322 e. The molecule has 1 aliphatic heterocycles. The van der Waals surface area contributed by atoms with Crippen molar-refractivity contribution in [1.82, 2.24) is 0 Å². The second-order valence-electron chi connectivity index (χ2n) is 6.09. The molecular weight excluding hydrogens is 395 g/mol. The maximum atomic E-state index is 12.7. The lowest BCUT2D eigenvalue weighted by Crippen LogP contribution is -2.23. The Balaban J connectivity index is 1.78. The lowest BCUT2D eigenvalue weighted by molar-refractivity contribution is -0.117. The number of fused-ring (bicyclic) bond motifs is 1. The molecule has 7 heteroatoms. The molecule has 0 bridgehead atoms. The molecule has 3 aromatic carbocycles. The Morgan fingerprint density at radius 2 is 1.61 bits per heavy atom. The molecule has 1 amide bonds. The Morgan fingerprint density at radius 1 is 0.893 bits per heavy atom. The van der Waals surface area contributed by atoms with Gasteiger partial charge in [-0.3, -0.25) is 4.79 Å². The minimum atomic E-state index is -1.03. The molecule has 0 aliphatic carbocycles. The minimum absolute atomic E-state index is 0.368. The maximum Gasteiger partial charge on any atom is 0.273 e. The van der Waals surface area contributed by atoms with Crippen LogP contribution in [0.5, 0.6) is 0 Å². The van der Waals surface area contributed by atoms with Gasteiger partial charge in [0.2, 0.25) is 6.17 Å². The molecule has 3 aromatic rings. The van der Waals surface area contributed by atoms with Crippen LogP contribution >= 0.6 is 23.2 Å². The topological polar surface area (TPSA) is 66.2 Å². The number of halogens is 2. The third-order valence-electron chi connectivity index (χ3n) is 4.14. The highest BCUT2D eigenvalue weighted by Gasteiger charge is 2.26. The summed E-state index contributed by atoms with van der Waals surface area (Å²) in [7, 11) is 0. The van der Waals surface area contributed by atoms with E-state index in [2.05, 4.69) is 20.5 Å². The number of benzene rings is 3. The summed E-state index contributed by atoms with van der Waals surface area (Å²) >= 11 is 12.1. The van der Waals surface area contributed by atoms with Crippen LogP contribution in [0.4, 0.5) is 11.4 Å². The van der Waals surface area contributed by atoms with Gasteiger partial charge in [-0.1, -0.05) is 53.5 Å². The number of rotatable bonds is 3. The fraction of sp³-hybridized carbons (Fsp3) is 0.0476. The average molecular weight is 409 g/mol. The van der Waals surface area contributed by atoms with Gasteiger partial charge in [0.05, 0.1) is 17.1 Å². The standard InChI is InChI=1S/C21H14Cl2N4O/c22-14-6-9-16(10-7-14)26-27-20-21(28)24-18-11-8-15(23)12-17(18)19(25-20)13-4-2-1-3-5-13/h1-12,20H,(H,24,28). The number of hydrogen-bond acceptors (Lipinski definition) is 4. The van der Waals surface area contributed by atoms with Crippen LogP contribution in [0.25, 0.3) is 0 Å². The van der Waals surface area contributed by atoms with E-state index in [4.69, 9.17) is 23.2 Å². The first kappa shape index (κ1) is 18.3. The number of benzodiazepines with no additional fused rings is 1. The van der Waals surface area contributed by atoms with Gasteiger partial charge in [-0.2, -0.15) is 10.2 Å².